The summed E-state index contributed by atoms with van der Waals surface area (Å²) in [6, 6.07) is 18.2. The van der Waals surface area contributed by atoms with Gasteiger partial charge in [-0.1, -0.05) is 55.5 Å². The summed E-state index contributed by atoms with van der Waals surface area (Å²) in [6.45, 7) is 6.00. The molecule has 0 saturated heterocycles. The Kier molecular flexibility index (Phi) is 6.86. The molecule has 2 aromatic carbocycles. The fraction of sp³-hybridized carbons (Fsp3) is 0.381. The van der Waals surface area contributed by atoms with Crippen LogP contribution in [0.5, 0.6) is 5.75 Å². The SMILES string of the molecule is CCC(Oc1ccccc1C)C(=O)NC(C)CCc1ccccc1. The van der Waals surface area contributed by atoms with Gasteiger partial charge in [0.2, 0.25) is 0 Å². The number of para-hydroxylation sites is 1. The van der Waals surface area contributed by atoms with Crippen LogP contribution in [0.3, 0.4) is 0 Å². The molecule has 0 spiro atoms. The predicted molar refractivity (Wildman–Crippen MR) is 98.3 cm³/mol. The molecule has 2 unspecified atom stereocenters. The molecule has 0 aliphatic rings. The Hall–Kier alpha value is -2.29. The second kappa shape index (κ2) is 9.11. The average Bonchev–Trinajstić information content (AvgIpc) is 2.60. The van der Waals surface area contributed by atoms with Crippen molar-refractivity contribution in [3.63, 3.8) is 0 Å². The number of nitrogens with one attached hydrogen (secondary N) is 1. The summed E-state index contributed by atoms with van der Waals surface area (Å²) in [5.41, 5.74) is 2.34. The lowest BCUT2D eigenvalue weighted by atomic mass is 10.1. The normalized spacial score (nSPS) is 13.1. The molecule has 0 aromatic heterocycles. The monoisotopic (exact) mass is 325 g/mol. The van der Waals surface area contributed by atoms with E-state index in [2.05, 4.69) is 17.4 Å². The molecule has 2 rings (SSSR count). The van der Waals surface area contributed by atoms with E-state index in [1.807, 2.05) is 63.2 Å². The van der Waals surface area contributed by atoms with Crippen LogP contribution < -0.4 is 10.1 Å². The number of hydrogen-bond donors (Lipinski definition) is 1. The van der Waals surface area contributed by atoms with E-state index in [1.54, 1.807) is 0 Å². The lowest BCUT2D eigenvalue weighted by Crippen LogP contribution is -2.42. The Labute approximate surface area is 145 Å². The maximum Gasteiger partial charge on any atom is 0.261 e. The van der Waals surface area contributed by atoms with Crippen molar-refractivity contribution in [2.45, 2.75) is 52.2 Å². The Morgan fingerprint density at radius 3 is 2.42 bits per heavy atom. The van der Waals surface area contributed by atoms with E-state index in [9.17, 15) is 4.79 Å². The summed E-state index contributed by atoms with van der Waals surface area (Å²) in [5, 5.41) is 3.08. The summed E-state index contributed by atoms with van der Waals surface area (Å²) >= 11 is 0. The first-order chi connectivity index (χ1) is 11.6. The highest BCUT2D eigenvalue weighted by atomic mass is 16.5. The van der Waals surface area contributed by atoms with Gasteiger partial charge in [-0.05, 0) is 50.3 Å². The summed E-state index contributed by atoms with van der Waals surface area (Å²) in [7, 11) is 0. The standard InChI is InChI=1S/C21H27NO2/c1-4-19(24-20-13-9-8-10-16(20)2)21(23)22-17(3)14-15-18-11-6-5-7-12-18/h5-13,17,19H,4,14-15H2,1-3H3,(H,22,23). The van der Waals surface area contributed by atoms with Crippen molar-refractivity contribution in [1.82, 2.24) is 5.32 Å². The maximum atomic E-state index is 12.5. The molecule has 1 N–H and O–H groups in total. The minimum Gasteiger partial charge on any atom is -0.480 e. The minimum absolute atomic E-state index is 0.0404. The zero-order chi connectivity index (χ0) is 17.4. The average molecular weight is 325 g/mol. The Balaban J connectivity index is 1.85. The third-order valence-corrected chi connectivity index (χ3v) is 4.12. The van der Waals surface area contributed by atoms with Gasteiger partial charge in [-0.25, -0.2) is 0 Å². The Morgan fingerprint density at radius 1 is 1.08 bits per heavy atom. The number of rotatable bonds is 8. The third kappa shape index (κ3) is 5.41. The molecular formula is C21H27NO2. The molecule has 1 amide bonds. The van der Waals surface area contributed by atoms with Crippen molar-refractivity contribution in [1.29, 1.82) is 0 Å². The van der Waals surface area contributed by atoms with Gasteiger partial charge in [-0.15, -0.1) is 0 Å². The summed E-state index contributed by atoms with van der Waals surface area (Å²) in [4.78, 5) is 12.5. The largest absolute Gasteiger partial charge is 0.480 e. The molecular weight excluding hydrogens is 298 g/mol. The second-order valence-corrected chi connectivity index (χ2v) is 6.21. The quantitative estimate of drug-likeness (QED) is 0.786. The van der Waals surface area contributed by atoms with Crippen molar-refractivity contribution in [3.8, 4) is 5.75 Å². The van der Waals surface area contributed by atoms with Crippen LogP contribution in [0.4, 0.5) is 0 Å². The molecule has 0 aliphatic carbocycles. The molecule has 0 aliphatic heterocycles. The molecule has 24 heavy (non-hydrogen) atoms. The molecule has 2 atom stereocenters. The molecule has 0 bridgehead atoms. The van der Waals surface area contributed by atoms with Crippen LogP contribution in [0.1, 0.15) is 37.8 Å². The number of ether oxygens (including phenoxy) is 1. The summed E-state index contributed by atoms with van der Waals surface area (Å²) < 4.78 is 5.91. The van der Waals surface area contributed by atoms with Crippen molar-refractivity contribution < 1.29 is 9.53 Å². The first-order valence-corrected chi connectivity index (χ1v) is 8.66. The van der Waals surface area contributed by atoms with Gasteiger partial charge < -0.3 is 10.1 Å². The van der Waals surface area contributed by atoms with Gasteiger partial charge in [0.05, 0.1) is 0 Å². The van der Waals surface area contributed by atoms with Crippen LogP contribution in [0.15, 0.2) is 54.6 Å². The molecule has 3 heteroatoms. The highest BCUT2D eigenvalue weighted by Crippen LogP contribution is 2.19. The Bertz CT molecular complexity index is 639. The van der Waals surface area contributed by atoms with Gasteiger partial charge in [-0.2, -0.15) is 0 Å². The molecule has 128 valence electrons. The lowest BCUT2D eigenvalue weighted by molar-refractivity contribution is -0.128. The fourth-order valence-electron chi connectivity index (χ4n) is 2.60. The number of amides is 1. The zero-order valence-corrected chi connectivity index (χ0v) is 14.8. The van der Waals surface area contributed by atoms with E-state index in [-0.39, 0.29) is 11.9 Å². The topological polar surface area (TPSA) is 38.3 Å². The van der Waals surface area contributed by atoms with E-state index in [0.717, 1.165) is 24.2 Å². The number of aryl methyl sites for hydroxylation is 2. The van der Waals surface area contributed by atoms with Gasteiger partial charge in [0.15, 0.2) is 6.10 Å². The van der Waals surface area contributed by atoms with E-state index in [1.165, 1.54) is 5.56 Å². The van der Waals surface area contributed by atoms with Crippen molar-refractivity contribution >= 4 is 5.91 Å². The molecule has 0 radical (unpaired) electrons. The molecule has 2 aromatic rings. The van der Waals surface area contributed by atoms with Crippen LogP contribution in [0.25, 0.3) is 0 Å². The van der Waals surface area contributed by atoms with Crippen molar-refractivity contribution in [2.75, 3.05) is 0 Å². The summed E-state index contributed by atoms with van der Waals surface area (Å²) in [5.74, 6) is 0.734. The number of benzene rings is 2. The number of carbonyl (C=O) groups is 1. The van der Waals surface area contributed by atoms with Gasteiger partial charge >= 0.3 is 0 Å². The number of carbonyl (C=O) groups excluding carboxylic acids is 1. The lowest BCUT2D eigenvalue weighted by Gasteiger charge is -2.21. The highest BCUT2D eigenvalue weighted by molar-refractivity contribution is 5.81. The summed E-state index contributed by atoms with van der Waals surface area (Å²) in [6.07, 6.45) is 2.06. The molecule has 3 nitrogen and oxygen atoms in total. The van der Waals surface area contributed by atoms with Gasteiger partial charge in [0, 0.05) is 6.04 Å². The second-order valence-electron chi connectivity index (χ2n) is 6.21. The minimum atomic E-state index is -0.453. The smallest absolute Gasteiger partial charge is 0.261 e. The van der Waals surface area contributed by atoms with Gasteiger partial charge in [-0.3, -0.25) is 4.79 Å². The van der Waals surface area contributed by atoms with Crippen LogP contribution >= 0.6 is 0 Å². The number of hydrogen-bond acceptors (Lipinski definition) is 2. The first-order valence-electron chi connectivity index (χ1n) is 8.66. The maximum absolute atomic E-state index is 12.5. The first kappa shape index (κ1) is 18.1. The fourth-order valence-corrected chi connectivity index (χ4v) is 2.60. The molecule has 0 heterocycles. The van der Waals surface area contributed by atoms with Crippen LogP contribution in [0.2, 0.25) is 0 Å². The highest BCUT2D eigenvalue weighted by Gasteiger charge is 2.20. The van der Waals surface area contributed by atoms with E-state index >= 15 is 0 Å². The predicted octanol–water partition coefficient (Wildman–Crippen LogP) is 4.29. The van der Waals surface area contributed by atoms with Crippen LogP contribution in [0, 0.1) is 6.92 Å². The molecule has 0 fully saturated rings. The third-order valence-electron chi connectivity index (χ3n) is 4.12. The van der Waals surface area contributed by atoms with E-state index in [4.69, 9.17) is 4.74 Å². The Morgan fingerprint density at radius 2 is 1.75 bits per heavy atom. The van der Waals surface area contributed by atoms with Gasteiger partial charge in [0.25, 0.3) is 5.91 Å². The van der Waals surface area contributed by atoms with Gasteiger partial charge in [0.1, 0.15) is 5.75 Å². The van der Waals surface area contributed by atoms with Crippen LogP contribution in [-0.4, -0.2) is 18.1 Å². The van der Waals surface area contributed by atoms with E-state index < -0.39 is 6.10 Å². The molecule has 0 saturated carbocycles. The van der Waals surface area contributed by atoms with Crippen molar-refractivity contribution in [3.05, 3.63) is 65.7 Å². The van der Waals surface area contributed by atoms with Crippen molar-refractivity contribution in [2.24, 2.45) is 0 Å². The zero-order valence-electron chi connectivity index (χ0n) is 14.8. The van der Waals surface area contributed by atoms with Crippen LogP contribution in [-0.2, 0) is 11.2 Å². The van der Waals surface area contributed by atoms with E-state index in [0.29, 0.717) is 6.42 Å².